The van der Waals surface area contributed by atoms with Crippen LogP contribution in [0.5, 0.6) is 0 Å². The van der Waals surface area contributed by atoms with Crippen molar-refractivity contribution in [1.29, 1.82) is 0 Å². The van der Waals surface area contributed by atoms with Crippen molar-refractivity contribution in [1.82, 2.24) is 13.8 Å². The second kappa shape index (κ2) is 7.96. The highest BCUT2D eigenvalue weighted by molar-refractivity contribution is 7.89. The molecule has 0 unspecified atom stereocenters. The number of benzene rings is 1. The fourth-order valence-electron chi connectivity index (χ4n) is 4.56. The zero-order valence-electron chi connectivity index (χ0n) is 17.1. The van der Waals surface area contributed by atoms with E-state index in [1.807, 2.05) is 0 Å². The zero-order valence-corrected chi connectivity index (χ0v) is 18.8. The Balaban J connectivity index is 1.37. The third kappa shape index (κ3) is 3.82. The van der Waals surface area contributed by atoms with Crippen LogP contribution in [0, 0.1) is 0 Å². The second-order valence-electron chi connectivity index (χ2n) is 8.18. The van der Waals surface area contributed by atoms with E-state index in [1.165, 1.54) is 14.9 Å². The van der Waals surface area contributed by atoms with Crippen LogP contribution >= 0.6 is 11.3 Å². The lowest BCUT2D eigenvalue weighted by Crippen LogP contribution is -2.47. The van der Waals surface area contributed by atoms with Crippen LogP contribution in [-0.4, -0.2) is 73.3 Å². The lowest BCUT2D eigenvalue weighted by molar-refractivity contribution is -0.179. The topological polar surface area (TPSA) is 98.2 Å². The highest BCUT2D eigenvalue weighted by atomic mass is 32.2. The number of sulfonamides is 1. The molecular weight excluding hydrogens is 442 g/mol. The number of amides is 1. The first-order valence-electron chi connectivity index (χ1n) is 10.6. The van der Waals surface area contributed by atoms with E-state index >= 15 is 0 Å². The highest BCUT2D eigenvalue weighted by Crippen LogP contribution is 2.34. The largest absolute Gasteiger partial charge is 0.347 e. The molecule has 1 spiro atoms. The van der Waals surface area contributed by atoms with E-state index in [-0.39, 0.29) is 22.2 Å². The monoisotopic (exact) mass is 467 g/mol. The van der Waals surface area contributed by atoms with Gasteiger partial charge in [0.25, 0.3) is 0 Å². The molecule has 31 heavy (non-hydrogen) atoms. The first-order chi connectivity index (χ1) is 14.9. The van der Waals surface area contributed by atoms with Crippen molar-refractivity contribution in [3.63, 3.8) is 0 Å². The molecule has 0 N–H and O–H groups in total. The van der Waals surface area contributed by atoms with Crippen molar-refractivity contribution in [3.05, 3.63) is 27.9 Å². The minimum Gasteiger partial charge on any atom is -0.347 e. The SMILES string of the molecule is O=C(Cn1c(=O)sc2cc(S(=O)(=O)N3CCC4(CC3)OCCO4)ccc21)N1CCCC1. The number of thiazole rings is 1. The maximum absolute atomic E-state index is 13.2. The van der Waals surface area contributed by atoms with E-state index in [1.54, 1.807) is 17.0 Å². The molecule has 3 saturated heterocycles. The van der Waals surface area contributed by atoms with Crippen LogP contribution in [0.15, 0.2) is 27.9 Å². The van der Waals surface area contributed by atoms with Crippen LogP contribution in [0.4, 0.5) is 0 Å². The van der Waals surface area contributed by atoms with Crippen molar-refractivity contribution in [2.45, 2.75) is 42.9 Å². The molecule has 1 aromatic heterocycles. The van der Waals surface area contributed by atoms with Gasteiger partial charge < -0.3 is 14.4 Å². The molecule has 168 valence electrons. The van der Waals surface area contributed by atoms with Crippen LogP contribution in [0.2, 0.25) is 0 Å². The lowest BCUT2D eigenvalue weighted by atomic mass is 10.1. The summed E-state index contributed by atoms with van der Waals surface area (Å²) < 4.78 is 41.2. The molecule has 5 rings (SSSR count). The van der Waals surface area contributed by atoms with Gasteiger partial charge in [-0.1, -0.05) is 11.3 Å². The van der Waals surface area contributed by atoms with Gasteiger partial charge in [-0.25, -0.2) is 8.42 Å². The number of fused-ring (bicyclic) bond motifs is 1. The standard InChI is InChI=1S/C20H25N3O6S2/c24-18(21-7-1-2-8-21)14-23-16-4-3-15(13-17(16)30-19(23)25)31(26,27)22-9-5-20(6-10-22)28-11-12-29-20/h3-4,13H,1-2,5-12,14H2. The van der Waals surface area contributed by atoms with Crippen LogP contribution in [0.25, 0.3) is 10.2 Å². The highest BCUT2D eigenvalue weighted by Gasteiger charge is 2.42. The molecule has 0 radical (unpaired) electrons. The molecule has 4 heterocycles. The van der Waals surface area contributed by atoms with E-state index in [2.05, 4.69) is 0 Å². The summed E-state index contributed by atoms with van der Waals surface area (Å²) in [5.41, 5.74) is 0.590. The first kappa shape index (κ1) is 21.1. The number of rotatable bonds is 4. The summed E-state index contributed by atoms with van der Waals surface area (Å²) in [6.45, 7) is 3.17. The molecule has 9 nitrogen and oxygen atoms in total. The minimum atomic E-state index is -3.70. The summed E-state index contributed by atoms with van der Waals surface area (Å²) in [7, 11) is -3.70. The van der Waals surface area contributed by atoms with Crippen molar-refractivity contribution in [2.24, 2.45) is 0 Å². The second-order valence-corrected chi connectivity index (χ2v) is 11.1. The lowest BCUT2D eigenvalue weighted by Gasteiger charge is -2.36. The van der Waals surface area contributed by atoms with E-state index < -0.39 is 15.8 Å². The van der Waals surface area contributed by atoms with E-state index in [0.29, 0.717) is 49.4 Å². The Morgan fingerprint density at radius 2 is 1.74 bits per heavy atom. The normalized spacial score (nSPS) is 22.0. The molecule has 2 aromatic rings. The molecule has 1 aromatic carbocycles. The average molecular weight is 468 g/mol. The van der Waals surface area contributed by atoms with Crippen molar-refractivity contribution < 1.29 is 22.7 Å². The predicted molar refractivity (Wildman–Crippen MR) is 115 cm³/mol. The smallest absolute Gasteiger partial charge is 0.308 e. The summed E-state index contributed by atoms with van der Waals surface area (Å²) in [6.07, 6.45) is 2.97. The van der Waals surface area contributed by atoms with Gasteiger partial charge in [-0.05, 0) is 31.0 Å². The van der Waals surface area contributed by atoms with Crippen LogP contribution in [0.3, 0.4) is 0 Å². The summed E-state index contributed by atoms with van der Waals surface area (Å²) in [6, 6.07) is 4.69. The number of hydrogen-bond donors (Lipinski definition) is 0. The zero-order chi connectivity index (χ0) is 21.6. The Bertz CT molecular complexity index is 1150. The summed E-state index contributed by atoms with van der Waals surface area (Å²) in [4.78, 5) is 26.7. The van der Waals surface area contributed by atoms with Crippen molar-refractivity contribution >= 4 is 37.5 Å². The summed E-state index contributed by atoms with van der Waals surface area (Å²) in [5.74, 6) is -0.719. The summed E-state index contributed by atoms with van der Waals surface area (Å²) in [5, 5.41) is 0. The van der Waals surface area contributed by atoms with Gasteiger partial charge in [0.15, 0.2) is 5.79 Å². The molecule has 3 fully saturated rings. The number of likely N-dealkylation sites (tertiary alicyclic amines) is 1. The van der Waals surface area contributed by atoms with Gasteiger partial charge in [-0.2, -0.15) is 4.31 Å². The molecule has 11 heteroatoms. The molecule has 3 aliphatic heterocycles. The van der Waals surface area contributed by atoms with Gasteiger partial charge in [-0.15, -0.1) is 0 Å². The van der Waals surface area contributed by atoms with E-state index in [0.717, 1.165) is 37.3 Å². The number of hydrogen-bond acceptors (Lipinski definition) is 7. The molecule has 3 aliphatic rings. The average Bonchev–Trinajstić information content (AvgIpc) is 3.50. The number of aromatic nitrogens is 1. The third-order valence-corrected chi connectivity index (χ3v) is 9.16. The van der Waals surface area contributed by atoms with Crippen LogP contribution < -0.4 is 4.87 Å². The molecular formula is C20H25N3O6S2. The Morgan fingerprint density at radius 1 is 1.06 bits per heavy atom. The van der Waals surface area contributed by atoms with Gasteiger partial charge in [0.05, 0.1) is 28.3 Å². The number of carbonyl (C=O) groups is 1. The minimum absolute atomic E-state index is 0.0147. The number of carbonyl (C=O) groups excluding carboxylic acids is 1. The van der Waals surface area contributed by atoms with Gasteiger partial charge in [0, 0.05) is 39.0 Å². The van der Waals surface area contributed by atoms with Gasteiger partial charge in [0.1, 0.15) is 6.54 Å². The molecule has 0 bridgehead atoms. The fraction of sp³-hybridized carbons (Fsp3) is 0.600. The third-order valence-electron chi connectivity index (χ3n) is 6.33. The van der Waals surface area contributed by atoms with Gasteiger partial charge in [0.2, 0.25) is 15.9 Å². The quantitative estimate of drug-likeness (QED) is 0.671. The number of piperidine rings is 1. The van der Waals surface area contributed by atoms with Crippen molar-refractivity contribution in [3.8, 4) is 0 Å². The number of nitrogens with zero attached hydrogens (tertiary/aromatic N) is 3. The summed E-state index contributed by atoms with van der Waals surface area (Å²) >= 11 is 0.969. The first-order valence-corrected chi connectivity index (χ1v) is 12.8. The molecule has 0 saturated carbocycles. The number of ether oxygens (including phenoxy) is 2. The van der Waals surface area contributed by atoms with E-state index in [9.17, 15) is 18.0 Å². The Labute approximate surface area is 184 Å². The van der Waals surface area contributed by atoms with Crippen LogP contribution in [-0.2, 0) is 30.8 Å². The van der Waals surface area contributed by atoms with Crippen molar-refractivity contribution in [2.75, 3.05) is 39.4 Å². The maximum atomic E-state index is 13.2. The van der Waals surface area contributed by atoms with E-state index in [4.69, 9.17) is 9.47 Å². The molecule has 1 amide bonds. The van der Waals surface area contributed by atoms with Crippen LogP contribution in [0.1, 0.15) is 25.7 Å². The Morgan fingerprint density at radius 3 is 2.42 bits per heavy atom. The maximum Gasteiger partial charge on any atom is 0.308 e. The Hall–Kier alpha value is -1.79. The predicted octanol–water partition coefficient (Wildman–Crippen LogP) is 1.21. The molecule has 0 aliphatic carbocycles. The molecule has 0 atom stereocenters. The van der Waals surface area contributed by atoms with Gasteiger partial charge in [-0.3, -0.25) is 14.2 Å². The fourth-order valence-corrected chi connectivity index (χ4v) is 7.03. The Kier molecular flexibility index (Phi) is 5.41. The van der Waals surface area contributed by atoms with Gasteiger partial charge >= 0.3 is 4.87 Å².